The summed E-state index contributed by atoms with van der Waals surface area (Å²) in [4.78, 5) is 21.3. The molecule has 0 aliphatic heterocycles. The first-order valence-corrected chi connectivity index (χ1v) is 6.44. The first kappa shape index (κ1) is 15.9. The summed E-state index contributed by atoms with van der Waals surface area (Å²) in [6.07, 6.45) is 6.77. The summed E-state index contributed by atoms with van der Waals surface area (Å²) in [7, 11) is 0. The summed E-state index contributed by atoms with van der Waals surface area (Å²) in [6, 6.07) is 0. The van der Waals surface area contributed by atoms with Gasteiger partial charge in [0, 0.05) is 0 Å². The predicted molar refractivity (Wildman–Crippen MR) is 65.9 cm³/mol. The normalized spacial score (nSPS) is 12.6. The molecule has 2 N–H and O–H groups in total. The monoisotopic (exact) mass is 244 g/mol. The van der Waals surface area contributed by atoms with Crippen LogP contribution in [-0.4, -0.2) is 22.2 Å². The number of hydrogen-bond donors (Lipinski definition) is 2. The molecule has 0 bridgehead atoms. The van der Waals surface area contributed by atoms with Gasteiger partial charge in [0.1, 0.15) is 0 Å². The molecule has 1 unspecified atom stereocenters. The Morgan fingerprint density at radius 1 is 0.941 bits per heavy atom. The van der Waals surface area contributed by atoms with Gasteiger partial charge in [0.15, 0.2) is 5.92 Å². The van der Waals surface area contributed by atoms with Crippen molar-refractivity contribution in [3.63, 3.8) is 0 Å². The zero-order valence-corrected chi connectivity index (χ0v) is 10.8. The Morgan fingerprint density at radius 2 is 1.53 bits per heavy atom. The standard InChI is InChI=1S/C13H24O4/c1-3-4-5-6-7-10(2)8-9-11(12(14)15)13(16)17/h10-11H,3-9H2,1-2H3,(H,14,15)(H,16,17). The Balaban J connectivity index is 3.77. The third-order valence-corrected chi connectivity index (χ3v) is 3.09. The molecule has 0 fully saturated rings. The van der Waals surface area contributed by atoms with E-state index < -0.39 is 17.9 Å². The summed E-state index contributed by atoms with van der Waals surface area (Å²) in [5.41, 5.74) is 0. The number of carboxylic acid groups (broad SMARTS) is 2. The second kappa shape index (κ2) is 9.02. The molecule has 4 nitrogen and oxygen atoms in total. The molecule has 1 atom stereocenters. The molecule has 0 rings (SSSR count). The molecule has 100 valence electrons. The SMILES string of the molecule is CCCCCCC(C)CCC(C(=O)O)C(=O)O. The van der Waals surface area contributed by atoms with Gasteiger partial charge in [-0.1, -0.05) is 46.0 Å². The van der Waals surface area contributed by atoms with Gasteiger partial charge >= 0.3 is 11.9 Å². The average Bonchev–Trinajstić information content (AvgIpc) is 2.23. The highest BCUT2D eigenvalue weighted by atomic mass is 16.4. The molecule has 0 aliphatic rings. The van der Waals surface area contributed by atoms with Crippen molar-refractivity contribution >= 4 is 11.9 Å². The number of rotatable bonds is 10. The lowest BCUT2D eigenvalue weighted by Crippen LogP contribution is -2.23. The number of hydrogen-bond acceptors (Lipinski definition) is 2. The molecule has 0 amide bonds. The van der Waals surface area contributed by atoms with Crippen molar-refractivity contribution in [1.82, 2.24) is 0 Å². The third kappa shape index (κ3) is 7.77. The lowest BCUT2D eigenvalue weighted by atomic mass is 9.93. The fourth-order valence-electron chi connectivity index (χ4n) is 1.87. The van der Waals surface area contributed by atoms with Gasteiger partial charge in [-0.25, -0.2) is 0 Å². The van der Waals surface area contributed by atoms with E-state index in [0.29, 0.717) is 12.3 Å². The lowest BCUT2D eigenvalue weighted by Gasteiger charge is -2.13. The molecule has 0 aromatic rings. The molecule has 0 saturated heterocycles. The van der Waals surface area contributed by atoms with E-state index in [1.54, 1.807) is 0 Å². The van der Waals surface area contributed by atoms with Gasteiger partial charge in [-0.05, 0) is 18.8 Å². The second-order valence-corrected chi connectivity index (χ2v) is 4.76. The van der Waals surface area contributed by atoms with Crippen LogP contribution < -0.4 is 0 Å². The average molecular weight is 244 g/mol. The van der Waals surface area contributed by atoms with Crippen LogP contribution in [0, 0.1) is 11.8 Å². The van der Waals surface area contributed by atoms with Crippen LogP contribution in [0.4, 0.5) is 0 Å². The highest BCUT2D eigenvalue weighted by Gasteiger charge is 2.25. The van der Waals surface area contributed by atoms with E-state index in [0.717, 1.165) is 12.8 Å². The maximum atomic E-state index is 10.7. The topological polar surface area (TPSA) is 74.6 Å². The molecule has 0 aromatic carbocycles. The van der Waals surface area contributed by atoms with E-state index in [2.05, 4.69) is 13.8 Å². The quantitative estimate of drug-likeness (QED) is 0.457. The van der Waals surface area contributed by atoms with Crippen molar-refractivity contribution < 1.29 is 19.8 Å². The highest BCUT2D eigenvalue weighted by molar-refractivity contribution is 5.92. The van der Waals surface area contributed by atoms with Crippen LogP contribution in [0.5, 0.6) is 0 Å². The van der Waals surface area contributed by atoms with Gasteiger partial charge in [0.25, 0.3) is 0 Å². The Morgan fingerprint density at radius 3 is 2.00 bits per heavy atom. The zero-order valence-electron chi connectivity index (χ0n) is 10.8. The van der Waals surface area contributed by atoms with Crippen molar-refractivity contribution in [2.75, 3.05) is 0 Å². The molecule has 4 heteroatoms. The van der Waals surface area contributed by atoms with E-state index >= 15 is 0 Å². The van der Waals surface area contributed by atoms with Gasteiger partial charge in [0.2, 0.25) is 0 Å². The highest BCUT2D eigenvalue weighted by Crippen LogP contribution is 2.19. The van der Waals surface area contributed by atoms with Gasteiger partial charge in [-0.15, -0.1) is 0 Å². The maximum absolute atomic E-state index is 10.7. The molecular weight excluding hydrogens is 220 g/mol. The Bertz CT molecular complexity index is 224. The first-order chi connectivity index (χ1) is 7.99. The Kier molecular flexibility index (Phi) is 8.46. The molecule has 0 spiro atoms. The number of carboxylic acids is 2. The van der Waals surface area contributed by atoms with Crippen LogP contribution in [0.3, 0.4) is 0 Å². The molecular formula is C13H24O4. The lowest BCUT2D eigenvalue weighted by molar-refractivity contribution is -0.154. The molecule has 0 aromatic heterocycles. The van der Waals surface area contributed by atoms with E-state index in [1.807, 2.05) is 0 Å². The van der Waals surface area contributed by atoms with E-state index in [9.17, 15) is 9.59 Å². The smallest absolute Gasteiger partial charge is 0.317 e. The van der Waals surface area contributed by atoms with E-state index in [4.69, 9.17) is 10.2 Å². The van der Waals surface area contributed by atoms with Crippen LogP contribution in [-0.2, 0) is 9.59 Å². The molecule has 0 aliphatic carbocycles. The van der Waals surface area contributed by atoms with Crippen molar-refractivity contribution in [1.29, 1.82) is 0 Å². The summed E-state index contributed by atoms with van der Waals surface area (Å²) < 4.78 is 0. The summed E-state index contributed by atoms with van der Waals surface area (Å²) in [5, 5.41) is 17.4. The summed E-state index contributed by atoms with van der Waals surface area (Å²) >= 11 is 0. The van der Waals surface area contributed by atoms with Crippen molar-refractivity contribution in [3.8, 4) is 0 Å². The van der Waals surface area contributed by atoms with E-state index in [-0.39, 0.29) is 6.42 Å². The summed E-state index contributed by atoms with van der Waals surface area (Å²) in [6.45, 7) is 4.22. The van der Waals surface area contributed by atoms with Crippen molar-refractivity contribution in [2.45, 2.75) is 58.8 Å². The van der Waals surface area contributed by atoms with Gasteiger partial charge < -0.3 is 10.2 Å². The number of carbonyl (C=O) groups is 2. The van der Waals surface area contributed by atoms with Gasteiger partial charge in [0.05, 0.1) is 0 Å². The van der Waals surface area contributed by atoms with Crippen molar-refractivity contribution in [3.05, 3.63) is 0 Å². The van der Waals surface area contributed by atoms with Crippen LogP contribution in [0.2, 0.25) is 0 Å². The molecule has 17 heavy (non-hydrogen) atoms. The van der Waals surface area contributed by atoms with Crippen LogP contribution >= 0.6 is 0 Å². The Labute approximate surface area is 103 Å². The van der Waals surface area contributed by atoms with Gasteiger partial charge in [-0.2, -0.15) is 0 Å². The number of aliphatic carboxylic acids is 2. The predicted octanol–water partition coefficient (Wildman–Crippen LogP) is 3.16. The minimum absolute atomic E-state index is 0.236. The van der Waals surface area contributed by atoms with Gasteiger partial charge in [-0.3, -0.25) is 9.59 Å². The third-order valence-electron chi connectivity index (χ3n) is 3.09. The maximum Gasteiger partial charge on any atom is 0.317 e. The second-order valence-electron chi connectivity index (χ2n) is 4.76. The van der Waals surface area contributed by atoms with E-state index in [1.165, 1.54) is 19.3 Å². The minimum atomic E-state index is -1.24. The first-order valence-electron chi connectivity index (χ1n) is 6.44. The zero-order chi connectivity index (χ0) is 13.3. The van der Waals surface area contributed by atoms with Crippen molar-refractivity contribution in [2.24, 2.45) is 11.8 Å². The number of unbranched alkanes of at least 4 members (excludes halogenated alkanes) is 3. The fraction of sp³-hybridized carbons (Fsp3) is 0.846. The minimum Gasteiger partial charge on any atom is -0.481 e. The largest absolute Gasteiger partial charge is 0.481 e. The van der Waals surface area contributed by atoms with Crippen LogP contribution in [0.1, 0.15) is 58.8 Å². The van der Waals surface area contributed by atoms with Crippen LogP contribution in [0.25, 0.3) is 0 Å². The Hall–Kier alpha value is -1.06. The fourth-order valence-corrected chi connectivity index (χ4v) is 1.87. The molecule has 0 radical (unpaired) electrons. The van der Waals surface area contributed by atoms with Crippen LogP contribution in [0.15, 0.2) is 0 Å². The molecule has 0 saturated carbocycles. The summed E-state index contributed by atoms with van der Waals surface area (Å²) in [5.74, 6) is -3.28. The molecule has 0 heterocycles.